The highest BCUT2D eigenvalue weighted by atomic mass is 16.2. The van der Waals surface area contributed by atoms with Crippen molar-refractivity contribution in [2.45, 2.75) is 39.2 Å². The van der Waals surface area contributed by atoms with Crippen molar-refractivity contribution in [3.8, 4) is 0 Å². The van der Waals surface area contributed by atoms with Gasteiger partial charge in [0.05, 0.1) is 0 Å². The molecule has 2 N–H and O–H groups in total. The Morgan fingerprint density at radius 3 is 3.04 bits per heavy atom. The van der Waals surface area contributed by atoms with Crippen LogP contribution in [0.2, 0.25) is 0 Å². The summed E-state index contributed by atoms with van der Waals surface area (Å²) in [6, 6.07) is 7.30. The van der Waals surface area contributed by atoms with Gasteiger partial charge in [-0.2, -0.15) is 5.10 Å². The molecule has 6 nitrogen and oxygen atoms in total. The molecule has 2 aromatic rings. The van der Waals surface area contributed by atoms with Crippen LogP contribution in [0, 0.1) is 0 Å². The van der Waals surface area contributed by atoms with Crippen LogP contribution in [0.25, 0.3) is 0 Å². The van der Waals surface area contributed by atoms with E-state index < -0.39 is 0 Å². The van der Waals surface area contributed by atoms with Crippen molar-refractivity contribution in [3.05, 3.63) is 41.7 Å². The molecule has 0 unspecified atom stereocenters. The maximum atomic E-state index is 12.4. The second-order valence-electron chi connectivity index (χ2n) is 5.67. The van der Waals surface area contributed by atoms with Crippen molar-refractivity contribution < 1.29 is 9.59 Å². The van der Waals surface area contributed by atoms with E-state index >= 15 is 0 Å². The van der Waals surface area contributed by atoms with Crippen LogP contribution in [0.5, 0.6) is 0 Å². The van der Waals surface area contributed by atoms with Crippen LogP contribution in [-0.4, -0.2) is 21.6 Å². The summed E-state index contributed by atoms with van der Waals surface area (Å²) in [6.07, 6.45) is 4.73. The average Bonchev–Trinajstić information content (AvgIpc) is 2.90. The number of nitrogens with one attached hydrogen (secondary N) is 2. The molecule has 0 aliphatic carbocycles. The number of rotatable bonds is 4. The van der Waals surface area contributed by atoms with Gasteiger partial charge in [0, 0.05) is 30.5 Å². The van der Waals surface area contributed by atoms with Crippen molar-refractivity contribution in [2.24, 2.45) is 0 Å². The molecule has 1 aliphatic heterocycles. The molecule has 6 heteroatoms. The quantitative estimate of drug-likeness (QED) is 0.911. The Balaban J connectivity index is 1.78. The SMILES string of the molecule is CCCn1nccc1C(=O)Nc1ccc2c(c1)CCCC(=O)N2. The Hall–Kier alpha value is -2.63. The van der Waals surface area contributed by atoms with E-state index in [1.54, 1.807) is 16.9 Å². The van der Waals surface area contributed by atoms with E-state index in [1.165, 1.54) is 0 Å². The van der Waals surface area contributed by atoms with Gasteiger partial charge in [-0.3, -0.25) is 14.3 Å². The molecular formula is C17H20N4O2. The Morgan fingerprint density at radius 2 is 2.22 bits per heavy atom. The first-order valence-electron chi connectivity index (χ1n) is 7.93. The Bertz CT molecular complexity index is 736. The first-order valence-corrected chi connectivity index (χ1v) is 7.93. The minimum Gasteiger partial charge on any atom is -0.326 e. The van der Waals surface area contributed by atoms with Crippen LogP contribution in [0.4, 0.5) is 11.4 Å². The number of amides is 2. The number of carbonyl (C=O) groups is 2. The van der Waals surface area contributed by atoms with Crippen LogP contribution in [0.1, 0.15) is 42.2 Å². The number of aryl methyl sites for hydroxylation is 2. The topological polar surface area (TPSA) is 76.0 Å². The highest BCUT2D eigenvalue weighted by Crippen LogP contribution is 2.25. The zero-order valence-electron chi connectivity index (χ0n) is 13.1. The van der Waals surface area contributed by atoms with Crippen molar-refractivity contribution >= 4 is 23.2 Å². The minimum absolute atomic E-state index is 0.0454. The summed E-state index contributed by atoms with van der Waals surface area (Å²) in [5.74, 6) is -0.127. The summed E-state index contributed by atoms with van der Waals surface area (Å²) in [6.45, 7) is 2.76. The molecule has 0 fully saturated rings. The third-order valence-electron chi connectivity index (χ3n) is 3.87. The predicted molar refractivity (Wildman–Crippen MR) is 88.5 cm³/mol. The second kappa shape index (κ2) is 6.64. The summed E-state index contributed by atoms with van der Waals surface area (Å²) in [4.78, 5) is 24.0. The number of carbonyl (C=O) groups excluding carboxylic acids is 2. The average molecular weight is 312 g/mol. The number of hydrogen-bond acceptors (Lipinski definition) is 3. The first kappa shape index (κ1) is 15.3. The lowest BCUT2D eigenvalue weighted by Gasteiger charge is -2.11. The molecule has 1 aromatic heterocycles. The van der Waals surface area contributed by atoms with Gasteiger partial charge in [0.2, 0.25) is 5.91 Å². The fourth-order valence-corrected chi connectivity index (χ4v) is 2.76. The standard InChI is InChI=1S/C17H20N4O2/c1-2-10-21-15(8-9-18-21)17(23)19-13-6-7-14-12(11-13)4-3-5-16(22)20-14/h6-9,11H,2-5,10H2,1H3,(H,19,23)(H,20,22). The summed E-state index contributed by atoms with van der Waals surface area (Å²) < 4.78 is 1.71. The van der Waals surface area contributed by atoms with Gasteiger partial charge in [0.15, 0.2) is 0 Å². The van der Waals surface area contributed by atoms with Crippen molar-refractivity contribution in [1.29, 1.82) is 0 Å². The fourth-order valence-electron chi connectivity index (χ4n) is 2.76. The number of anilines is 2. The van der Waals surface area contributed by atoms with Crippen LogP contribution < -0.4 is 10.6 Å². The molecule has 2 heterocycles. The van der Waals surface area contributed by atoms with Gasteiger partial charge in [0.25, 0.3) is 5.91 Å². The van der Waals surface area contributed by atoms with Crippen LogP contribution >= 0.6 is 0 Å². The second-order valence-corrected chi connectivity index (χ2v) is 5.67. The molecule has 1 aromatic carbocycles. The van der Waals surface area contributed by atoms with Crippen LogP contribution in [0.15, 0.2) is 30.5 Å². The molecule has 0 atom stereocenters. The maximum absolute atomic E-state index is 12.4. The summed E-state index contributed by atoms with van der Waals surface area (Å²) >= 11 is 0. The molecule has 0 radical (unpaired) electrons. The molecule has 0 bridgehead atoms. The van der Waals surface area contributed by atoms with E-state index in [1.807, 2.05) is 25.1 Å². The number of benzene rings is 1. The Labute approximate surface area is 134 Å². The third kappa shape index (κ3) is 3.41. The smallest absolute Gasteiger partial charge is 0.273 e. The van der Waals surface area contributed by atoms with Crippen LogP contribution in [-0.2, 0) is 17.8 Å². The van der Waals surface area contributed by atoms with Crippen molar-refractivity contribution in [1.82, 2.24) is 9.78 Å². The van der Waals surface area contributed by atoms with E-state index in [-0.39, 0.29) is 11.8 Å². The molecule has 2 amide bonds. The maximum Gasteiger partial charge on any atom is 0.273 e. The lowest BCUT2D eigenvalue weighted by Crippen LogP contribution is -2.18. The normalized spacial score (nSPS) is 13.9. The highest BCUT2D eigenvalue weighted by molar-refractivity contribution is 6.03. The lowest BCUT2D eigenvalue weighted by molar-refractivity contribution is -0.116. The molecular weight excluding hydrogens is 292 g/mol. The van der Waals surface area contributed by atoms with Crippen molar-refractivity contribution in [3.63, 3.8) is 0 Å². The highest BCUT2D eigenvalue weighted by Gasteiger charge is 2.15. The zero-order valence-corrected chi connectivity index (χ0v) is 13.1. The Morgan fingerprint density at radius 1 is 1.35 bits per heavy atom. The van der Waals surface area contributed by atoms with E-state index in [0.717, 1.165) is 36.2 Å². The molecule has 23 heavy (non-hydrogen) atoms. The molecule has 120 valence electrons. The van der Waals surface area contributed by atoms with Gasteiger partial charge < -0.3 is 10.6 Å². The Kier molecular flexibility index (Phi) is 4.41. The van der Waals surface area contributed by atoms with E-state index in [4.69, 9.17) is 0 Å². The summed E-state index contributed by atoms with van der Waals surface area (Å²) in [7, 11) is 0. The lowest BCUT2D eigenvalue weighted by atomic mass is 10.1. The zero-order chi connectivity index (χ0) is 16.2. The van der Waals surface area contributed by atoms with Gasteiger partial charge in [-0.05, 0) is 49.1 Å². The summed E-state index contributed by atoms with van der Waals surface area (Å²) in [5, 5.41) is 9.97. The molecule has 1 aliphatic rings. The van der Waals surface area contributed by atoms with Crippen molar-refractivity contribution in [2.75, 3.05) is 10.6 Å². The predicted octanol–water partition coefficient (Wildman–Crippen LogP) is 2.82. The first-order chi connectivity index (χ1) is 11.2. The molecule has 0 spiro atoms. The molecule has 0 saturated carbocycles. The van der Waals surface area contributed by atoms with E-state index in [0.29, 0.717) is 18.7 Å². The third-order valence-corrected chi connectivity index (χ3v) is 3.87. The minimum atomic E-state index is -0.173. The van der Waals surface area contributed by atoms with Gasteiger partial charge in [-0.25, -0.2) is 0 Å². The number of fused-ring (bicyclic) bond motifs is 1. The van der Waals surface area contributed by atoms with Gasteiger partial charge in [-0.15, -0.1) is 0 Å². The van der Waals surface area contributed by atoms with E-state index in [9.17, 15) is 9.59 Å². The molecule has 3 rings (SSSR count). The summed E-state index contributed by atoms with van der Waals surface area (Å²) in [5.41, 5.74) is 3.17. The van der Waals surface area contributed by atoms with Gasteiger partial charge >= 0.3 is 0 Å². The number of hydrogen-bond donors (Lipinski definition) is 2. The fraction of sp³-hybridized carbons (Fsp3) is 0.353. The van der Waals surface area contributed by atoms with E-state index in [2.05, 4.69) is 15.7 Å². The van der Waals surface area contributed by atoms with Gasteiger partial charge in [-0.1, -0.05) is 6.92 Å². The number of nitrogens with zero attached hydrogens (tertiary/aromatic N) is 2. The molecule has 0 saturated heterocycles. The largest absolute Gasteiger partial charge is 0.326 e. The monoisotopic (exact) mass is 312 g/mol. The van der Waals surface area contributed by atoms with Crippen LogP contribution in [0.3, 0.4) is 0 Å². The van der Waals surface area contributed by atoms with Gasteiger partial charge in [0.1, 0.15) is 5.69 Å². The number of aromatic nitrogens is 2.